The Morgan fingerprint density at radius 1 is 1.05 bits per heavy atom. The van der Waals surface area contributed by atoms with Crippen LogP contribution in [0.25, 0.3) is 6.08 Å². The van der Waals surface area contributed by atoms with Crippen molar-refractivity contribution < 1.29 is 22.7 Å². The summed E-state index contributed by atoms with van der Waals surface area (Å²) in [5.74, 6) is -0.591. The lowest BCUT2D eigenvalue weighted by Crippen LogP contribution is -2.08. The van der Waals surface area contributed by atoms with Gasteiger partial charge in [-0.05, 0) is 18.2 Å². The molecule has 0 spiro atoms. The average Bonchev–Trinajstić information content (AvgIpc) is 2.52. The van der Waals surface area contributed by atoms with E-state index >= 15 is 0 Å². The van der Waals surface area contributed by atoms with Crippen molar-refractivity contribution in [3.05, 3.63) is 71.3 Å². The number of carbonyl (C=O) groups excluding carboxylic acids is 1. The largest absolute Gasteiger partial charge is 0.495 e. The van der Waals surface area contributed by atoms with Crippen molar-refractivity contribution in [3.8, 4) is 5.75 Å². The molecular weight excluding hydrogens is 293 g/mol. The Balaban J connectivity index is 2.34. The molecule has 0 aromatic heterocycles. The highest BCUT2D eigenvalue weighted by Gasteiger charge is 2.34. The van der Waals surface area contributed by atoms with Gasteiger partial charge in [-0.1, -0.05) is 42.5 Å². The maximum atomic E-state index is 12.9. The van der Waals surface area contributed by atoms with Gasteiger partial charge in [0.15, 0.2) is 5.78 Å². The van der Waals surface area contributed by atoms with Gasteiger partial charge in [-0.25, -0.2) is 0 Å². The third kappa shape index (κ3) is 3.55. The van der Waals surface area contributed by atoms with Crippen molar-refractivity contribution in [2.45, 2.75) is 6.18 Å². The molecule has 0 heterocycles. The Hall–Kier alpha value is -2.56. The van der Waals surface area contributed by atoms with E-state index in [2.05, 4.69) is 0 Å². The van der Waals surface area contributed by atoms with Gasteiger partial charge >= 0.3 is 6.18 Å². The Bertz CT molecular complexity index is 689. The van der Waals surface area contributed by atoms with Crippen molar-refractivity contribution in [2.24, 2.45) is 0 Å². The van der Waals surface area contributed by atoms with Gasteiger partial charge < -0.3 is 4.74 Å². The number of ketones is 1. The second-order valence-electron chi connectivity index (χ2n) is 4.49. The van der Waals surface area contributed by atoms with Gasteiger partial charge in [0.25, 0.3) is 0 Å². The number of carbonyl (C=O) groups is 1. The molecular formula is C17H13F3O2. The lowest BCUT2D eigenvalue weighted by Gasteiger charge is -2.13. The molecule has 0 aliphatic carbocycles. The maximum Gasteiger partial charge on any atom is 0.419 e. The molecule has 0 saturated heterocycles. The highest BCUT2D eigenvalue weighted by molar-refractivity contribution is 6.06. The number of rotatable bonds is 4. The zero-order chi connectivity index (χ0) is 16.2. The predicted octanol–water partition coefficient (Wildman–Crippen LogP) is 4.61. The van der Waals surface area contributed by atoms with Gasteiger partial charge in [0.2, 0.25) is 0 Å². The molecule has 2 rings (SSSR count). The van der Waals surface area contributed by atoms with Gasteiger partial charge in [0.05, 0.1) is 12.7 Å². The predicted molar refractivity (Wildman–Crippen MR) is 77.8 cm³/mol. The summed E-state index contributed by atoms with van der Waals surface area (Å²) in [6.45, 7) is 0. The van der Waals surface area contributed by atoms with Gasteiger partial charge in [-0.15, -0.1) is 0 Å². The van der Waals surface area contributed by atoms with E-state index in [9.17, 15) is 18.0 Å². The Morgan fingerprint density at radius 3 is 2.32 bits per heavy atom. The Kier molecular flexibility index (Phi) is 4.65. The molecule has 0 aliphatic rings. The molecule has 0 fully saturated rings. The summed E-state index contributed by atoms with van der Waals surface area (Å²) >= 11 is 0. The third-order valence-electron chi connectivity index (χ3n) is 3.03. The van der Waals surface area contributed by atoms with Crippen LogP contribution in [0, 0.1) is 0 Å². The fraction of sp³-hybridized carbons (Fsp3) is 0.118. The number of alkyl halides is 3. The van der Waals surface area contributed by atoms with Crippen LogP contribution in [0.1, 0.15) is 21.5 Å². The van der Waals surface area contributed by atoms with Gasteiger partial charge in [-0.3, -0.25) is 4.79 Å². The molecule has 0 bridgehead atoms. The highest BCUT2D eigenvalue weighted by atomic mass is 19.4. The first-order valence-electron chi connectivity index (χ1n) is 6.45. The Morgan fingerprint density at radius 2 is 1.73 bits per heavy atom. The summed E-state index contributed by atoms with van der Waals surface area (Å²) in [6.07, 6.45) is -1.96. The molecule has 0 unspecified atom stereocenters. The average molecular weight is 306 g/mol. The molecule has 2 aromatic rings. The number of para-hydroxylation sites is 1. The topological polar surface area (TPSA) is 26.3 Å². The minimum absolute atomic E-state index is 0.196. The van der Waals surface area contributed by atoms with Crippen molar-refractivity contribution in [1.82, 2.24) is 0 Å². The summed E-state index contributed by atoms with van der Waals surface area (Å²) in [7, 11) is 1.17. The first-order valence-corrected chi connectivity index (χ1v) is 6.45. The van der Waals surface area contributed by atoms with E-state index in [4.69, 9.17) is 4.74 Å². The van der Waals surface area contributed by atoms with E-state index in [1.165, 1.54) is 31.4 Å². The number of benzene rings is 2. The van der Waals surface area contributed by atoms with Gasteiger partial charge in [0, 0.05) is 11.1 Å². The minimum atomic E-state index is -4.52. The number of allylic oxidation sites excluding steroid dienone is 1. The number of methoxy groups -OCH3 is 1. The molecule has 2 aromatic carbocycles. The normalized spacial score (nSPS) is 11.6. The molecule has 114 valence electrons. The van der Waals surface area contributed by atoms with Crippen LogP contribution in [-0.4, -0.2) is 12.9 Å². The maximum absolute atomic E-state index is 12.9. The van der Waals surface area contributed by atoms with Crippen molar-refractivity contribution >= 4 is 11.9 Å². The van der Waals surface area contributed by atoms with Gasteiger partial charge in [-0.2, -0.15) is 13.2 Å². The second-order valence-corrected chi connectivity index (χ2v) is 4.49. The van der Waals surface area contributed by atoms with Crippen LogP contribution < -0.4 is 4.74 Å². The number of hydrogen-bond acceptors (Lipinski definition) is 2. The van der Waals surface area contributed by atoms with Crippen LogP contribution in [0.15, 0.2) is 54.6 Å². The minimum Gasteiger partial charge on any atom is -0.495 e. The van der Waals surface area contributed by atoms with Crippen molar-refractivity contribution in [2.75, 3.05) is 7.11 Å². The van der Waals surface area contributed by atoms with E-state index in [-0.39, 0.29) is 17.1 Å². The second kappa shape index (κ2) is 6.47. The first-order chi connectivity index (χ1) is 10.4. The zero-order valence-corrected chi connectivity index (χ0v) is 11.7. The van der Waals surface area contributed by atoms with Crippen LogP contribution in [0.4, 0.5) is 13.2 Å². The fourth-order valence-corrected chi connectivity index (χ4v) is 2.00. The van der Waals surface area contributed by atoms with Crippen LogP contribution in [0.5, 0.6) is 5.75 Å². The van der Waals surface area contributed by atoms with Crippen LogP contribution in [0.3, 0.4) is 0 Å². The summed E-state index contributed by atoms with van der Waals surface area (Å²) in [6, 6.07) is 12.1. The van der Waals surface area contributed by atoms with Crippen LogP contribution in [0.2, 0.25) is 0 Å². The van der Waals surface area contributed by atoms with Crippen molar-refractivity contribution in [3.63, 3.8) is 0 Å². The van der Waals surface area contributed by atoms with E-state index in [0.29, 0.717) is 5.56 Å². The van der Waals surface area contributed by atoms with E-state index in [0.717, 1.165) is 6.07 Å². The molecule has 0 N–H and O–H groups in total. The van der Waals surface area contributed by atoms with E-state index < -0.39 is 11.7 Å². The number of ether oxygens (including phenoxy) is 1. The number of halogens is 3. The summed E-state index contributed by atoms with van der Waals surface area (Å²) in [5, 5.41) is 0. The number of hydrogen-bond donors (Lipinski definition) is 0. The molecule has 0 saturated carbocycles. The standard InChI is InChI=1S/C17H13F3O2/c1-22-16-13(8-5-9-14(16)17(18,19)20)10-11-15(21)12-6-3-2-4-7-12/h2-11H,1H3. The molecule has 22 heavy (non-hydrogen) atoms. The molecule has 5 heteroatoms. The first kappa shape index (κ1) is 15.8. The summed E-state index contributed by atoms with van der Waals surface area (Å²) < 4.78 is 43.6. The van der Waals surface area contributed by atoms with E-state index in [1.807, 2.05) is 0 Å². The third-order valence-corrected chi connectivity index (χ3v) is 3.03. The molecule has 0 amide bonds. The van der Waals surface area contributed by atoms with Gasteiger partial charge in [0.1, 0.15) is 5.75 Å². The van der Waals surface area contributed by atoms with Crippen molar-refractivity contribution in [1.29, 1.82) is 0 Å². The quantitative estimate of drug-likeness (QED) is 0.609. The summed E-state index contributed by atoms with van der Waals surface area (Å²) in [4.78, 5) is 11.9. The summed E-state index contributed by atoms with van der Waals surface area (Å²) in [5.41, 5.74) is -0.212. The zero-order valence-electron chi connectivity index (χ0n) is 11.7. The lowest BCUT2D eigenvalue weighted by atomic mass is 10.1. The van der Waals surface area contributed by atoms with E-state index in [1.54, 1.807) is 30.3 Å². The SMILES string of the molecule is COc1c(C=CC(=O)c2ccccc2)cccc1C(F)(F)F. The Labute approximate surface area is 125 Å². The molecule has 0 atom stereocenters. The lowest BCUT2D eigenvalue weighted by molar-refractivity contribution is -0.138. The van der Waals surface area contributed by atoms with Crippen LogP contribution in [-0.2, 0) is 6.18 Å². The smallest absolute Gasteiger partial charge is 0.419 e. The molecule has 0 radical (unpaired) electrons. The monoisotopic (exact) mass is 306 g/mol. The molecule has 2 nitrogen and oxygen atoms in total. The highest BCUT2D eigenvalue weighted by Crippen LogP contribution is 2.38. The van der Waals surface area contributed by atoms with Crippen LogP contribution >= 0.6 is 0 Å². The fourth-order valence-electron chi connectivity index (χ4n) is 2.00. The molecule has 0 aliphatic heterocycles.